The molecule has 0 saturated carbocycles. The van der Waals surface area contributed by atoms with Gasteiger partial charge >= 0.3 is 0 Å². The van der Waals surface area contributed by atoms with Crippen molar-refractivity contribution in [3.05, 3.63) is 0 Å². The van der Waals surface area contributed by atoms with Gasteiger partial charge in [-0.15, -0.1) is 23.9 Å². The summed E-state index contributed by atoms with van der Waals surface area (Å²) in [6.07, 6.45) is 11.6. The van der Waals surface area contributed by atoms with Crippen LogP contribution in [0.4, 0.5) is 0 Å². The van der Waals surface area contributed by atoms with Crippen molar-refractivity contribution >= 4 is 29.4 Å². The highest BCUT2D eigenvalue weighted by molar-refractivity contribution is 7.84. The van der Waals surface area contributed by atoms with Crippen LogP contribution in [-0.2, 0) is 0 Å². The van der Waals surface area contributed by atoms with Crippen LogP contribution >= 0.6 is 0 Å². The molecule has 0 atom stereocenters. The van der Waals surface area contributed by atoms with Crippen LogP contribution in [0.25, 0.3) is 0 Å². The minimum Gasteiger partial charge on any atom is -0.139 e. The second kappa shape index (κ2) is 4.34. The molecule has 0 N–H and O–H groups in total. The average molecular weight is 283 g/mol. The molecule has 0 aliphatic heterocycles. The quantitative estimate of drug-likeness (QED) is 0.550. The second-order valence-electron chi connectivity index (χ2n) is 6.79. The monoisotopic (exact) mass is 282 g/mol. The van der Waals surface area contributed by atoms with E-state index in [9.17, 15) is 0 Å². The average Bonchev–Trinajstić information content (AvgIpc) is 2.16. The van der Waals surface area contributed by atoms with Gasteiger partial charge in [0.2, 0.25) is 0 Å². The van der Waals surface area contributed by atoms with Gasteiger partial charge < -0.3 is 0 Å². The Morgan fingerprint density at radius 3 is 0.875 bits per heavy atom. The normalized spacial score (nSPS) is 14.1. The van der Waals surface area contributed by atoms with Crippen molar-refractivity contribution < 1.29 is 0 Å². The molecular weight excluding hydrogens is 256 g/mol. The third-order valence-electron chi connectivity index (χ3n) is 5.41. The van der Waals surface area contributed by atoms with Crippen LogP contribution in [0.2, 0.25) is 52.4 Å². The predicted octanol–water partition coefficient (Wildman–Crippen LogP) is 3.40. The summed E-state index contributed by atoms with van der Waals surface area (Å²) < 4.78 is 0. The van der Waals surface area contributed by atoms with E-state index in [0.717, 1.165) is 0 Å². The molecule has 0 bridgehead atoms. The summed E-state index contributed by atoms with van der Waals surface area (Å²) in [6.45, 7) is 19.5. The Kier molecular flexibility index (Phi) is 4.34. The van der Waals surface area contributed by atoms with Crippen molar-refractivity contribution in [2.24, 2.45) is 0 Å². The molecule has 0 aromatic carbocycles. The van der Waals surface area contributed by atoms with Crippen LogP contribution in [0.5, 0.6) is 0 Å². The molecule has 0 aliphatic rings. The fourth-order valence-electron chi connectivity index (χ4n) is 1.92. The lowest BCUT2D eigenvalue weighted by molar-refractivity contribution is 1.78. The number of rotatable bonds is 3. The Bertz CT molecular complexity index is 314. The van der Waals surface area contributed by atoms with Crippen LogP contribution in [-0.4, -0.2) is 29.4 Å². The van der Waals surface area contributed by atoms with Crippen LogP contribution < -0.4 is 0 Å². The fraction of sp³-hybridized carbons (Fsp3) is 0.667. The van der Waals surface area contributed by atoms with E-state index in [1.165, 1.54) is 0 Å². The van der Waals surface area contributed by atoms with E-state index >= 15 is 0 Å². The summed E-state index contributed by atoms with van der Waals surface area (Å²) in [5.74, 6) is 0. The van der Waals surface area contributed by atoms with E-state index in [0.29, 0.717) is 0 Å². The summed E-state index contributed by atoms with van der Waals surface area (Å²) in [7, 11) is -5.71. The molecule has 0 unspecified atom stereocenters. The minimum absolute atomic E-state index is 1.35. The molecule has 0 aliphatic carbocycles. The first kappa shape index (κ1) is 16.0. The zero-order chi connectivity index (χ0) is 13.4. The Morgan fingerprint density at radius 1 is 0.562 bits per heavy atom. The summed E-state index contributed by atoms with van der Waals surface area (Å²) in [5, 5.41) is 0. The van der Waals surface area contributed by atoms with Crippen LogP contribution in [0.15, 0.2) is 0 Å². The smallest absolute Gasteiger partial charge is 0.120 e. The molecule has 16 heavy (non-hydrogen) atoms. The fourth-order valence-corrected chi connectivity index (χ4v) is 63.6. The molecule has 0 heterocycles. The molecule has 0 saturated heterocycles. The largest absolute Gasteiger partial charge is 0.139 e. The summed E-state index contributed by atoms with van der Waals surface area (Å²) in [5.41, 5.74) is 6.35. The van der Waals surface area contributed by atoms with Crippen molar-refractivity contribution in [2.45, 2.75) is 52.4 Å². The van der Waals surface area contributed by atoms with Crippen molar-refractivity contribution in [1.82, 2.24) is 0 Å². The molecule has 0 spiro atoms. The van der Waals surface area contributed by atoms with Gasteiger partial charge in [0.15, 0.2) is 0 Å². The van der Waals surface area contributed by atoms with E-state index in [4.69, 9.17) is 12.8 Å². The number of hydrogen-bond acceptors (Lipinski definition) is 0. The van der Waals surface area contributed by atoms with Crippen molar-refractivity contribution in [1.29, 1.82) is 0 Å². The van der Waals surface area contributed by atoms with Gasteiger partial charge in [-0.05, 0) is 0 Å². The van der Waals surface area contributed by atoms with Gasteiger partial charge in [0.1, 0.15) is 15.2 Å². The van der Waals surface area contributed by atoms with Gasteiger partial charge in [0.25, 0.3) is 0 Å². The zero-order valence-electron chi connectivity index (χ0n) is 12.2. The van der Waals surface area contributed by atoms with Gasteiger partial charge in [0.05, 0.1) is 0 Å². The first-order valence-electron chi connectivity index (χ1n) is 5.83. The molecule has 0 fully saturated rings. The van der Waals surface area contributed by atoms with Gasteiger partial charge in [-0.3, -0.25) is 0 Å². The van der Waals surface area contributed by atoms with Crippen molar-refractivity contribution in [2.75, 3.05) is 0 Å². The molecule has 0 aromatic heterocycles. The Hall–Kier alpha value is -0.0125. The lowest BCUT2D eigenvalue weighted by Gasteiger charge is -2.51. The van der Waals surface area contributed by atoms with Crippen LogP contribution in [0.1, 0.15) is 0 Å². The highest BCUT2D eigenvalue weighted by atomic mass is 29.8. The lowest BCUT2D eigenvalue weighted by atomic mass is 11.4. The number of hydrogen-bond donors (Lipinski definition) is 0. The maximum atomic E-state index is 5.81. The molecule has 0 nitrogen and oxygen atoms in total. The molecule has 0 rings (SSSR count). The van der Waals surface area contributed by atoms with Crippen molar-refractivity contribution in [3.8, 4) is 23.9 Å². The van der Waals surface area contributed by atoms with Crippen LogP contribution in [0, 0.1) is 23.9 Å². The minimum atomic E-state index is -1.50. The summed E-state index contributed by atoms with van der Waals surface area (Å²) in [6, 6.07) is 0. The number of terminal acetylenes is 2. The van der Waals surface area contributed by atoms with Gasteiger partial charge in [-0.1, -0.05) is 52.4 Å². The zero-order valence-corrected chi connectivity index (χ0v) is 16.2. The second-order valence-corrected chi connectivity index (χ2v) is 45.9. The topological polar surface area (TPSA) is 0 Å². The third kappa shape index (κ3) is 2.17. The summed E-state index contributed by atoms with van der Waals surface area (Å²) in [4.78, 5) is 0. The Balaban J connectivity index is 5.70. The molecule has 90 valence electrons. The summed E-state index contributed by atoms with van der Waals surface area (Å²) >= 11 is 0. The van der Waals surface area contributed by atoms with Crippen molar-refractivity contribution in [3.63, 3.8) is 0 Å². The molecule has 4 heteroatoms. The standard InChI is InChI=1S/C12H26Si4/c1-11-13(3,4)15(7,8)16(9,10)14(5,6)12-2/h1-2H,3-10H3. The highest BCUT2D eigenvalue weighted by Gasteiger charge is 2.58. The first-order valence-corrected chi connectivity index (χ1v) is 20.8. The van der Waals surface area contributed by atoms with E-state index in [2.05, 4.69) is 63.5 Å². The van der Waals surface area contributed by atoms with E-state index in [-0.39, 0.29) is 0 Å². The molecule has 0 aromatic rings. The van der Waals surface area contributed by atoms with E-state index in [1.807, 2.05) is 0 Å². The van der Waals surface area contributed by atoms with Gasteiger partial charge in [0, 0.05) is 14.2 Å². The lowest BCUT2D eigenvalue weighted by Crippen LogP contribution is -2.78. The maximum Gasteiger partial charge on any atom is 0.120 e. The molecule has 0 radical (unpaired) electrons. The Labute approximate surface area is 106 Å². The maximum absolute atomic E-state index is 5.81. The predicted molar refractivity (Wildman–Crippen MR) is 87.6 cm³/mol. The van der Waals surface area contributed by atoms with Gasteiger partial charge in [-0.2, -0.15) is 0 Å². The van der Waals surface area contributed by atoms with E-state index < -0.39 is 29.4 Å². The van der Waals surface area contributed by atoms with Gasteiger partial charge in [-0.25, -0.2) is 0 Å². The molecular formula is C12H26Si4. The highest BCUT2D eigenvalue weighted by Crippen LogP contribution is 2.34. The Morgan fingerprint density at radius 2 is 0.750 bits per heavy atom. The van der Waals surface area contributed by atoms with E-state index in [1.54, 1.807) is 0 Å². The van der Waals surface area contributed by atoms with Crippen LogP contribution in [0.3, 0.4) is 0 Å². The molecule has 0 amide bonds. The SMILES string of the molecule is C#C[Si](C)(C)[Si](C)(C)[Si](C)(C)[Si](C)(C)C#C. The third-order valence-corrected chi connectivity index (χ3v) is 70.0. The first-order chi connectivity index (χ1) is 6.87.